The first-order valence-electron chi connectivity index (χ1n) is 12.8. The average molecular weight is 545 g/mol. The number of hydrogen-bond donors (Lipinski definition) is 1. The molecule has 39 heavy (non-hydrogen) atoms. The Labute approximate surface area is 231 Å². The van der Waals surface area contributed by atoms with E-state index in [1.807, 2.05) is 12.1 Å². The second-order valence-corrected chi connectivity index (χ2v) is 9.69. The van der Waals surface area contributed by atoms with Crippen molar-refractivity contribution in [3.05, 3.63) is 60.0 Å². The number of aromatic nitrogens is 5. The van der Waals surface area contributed by atoms with E-state index in [-0.39, 0.29) is 0 Å². The van der Waals surface area contributed by atoms with Crippen molar-refractivity contribution in [3.8, 4) is 22.6 Å². The molecular weight excluding hydrogens is 516 g/mol. The Balaban J connectivity index is 1.31. The lowest BCUT2D eigenvalue weighted by atomic mass is 10.0. The van der Waals surface area contributed by atoms with E-state index in [1.54, 1.807) is 31.0 Å². The van der Waals surface area contributed by atoms with E-state index >= 15 is 0 Å². The number of nitrogens with one attached hydrogen (secondary N) is 1. The third-order valence-electron chi connectivity index (χ3n) is 7.15. The van der Waals surface area contributed by atoms with E-state index in [1.165, 1.54) is 12.0 Å². The number of piperazine rings is 1. The van der Waals surface area contributed by atoms with E-state index in [0.717, 1.165) is 49.4 Å². The van der Waals surface area contributed by atoms with Crippen molar-refractivity contribution < 1.29 is 9.47 Å². The lowest BCUT2D eigenvalue weighted by Crippen LogP contribution is -2.46. The second-order valence-electron chi connectivity index (χ2n) is 9.31. The molecule has 0 atom stereocenters. The molecule has 1 fully saturated rings. The number of ether oxygens (including phenoxy) is 2. The fourth-order valence-electron chi connectivity index (χ4n) is 4.95. The van der Waals surface area contributed by atoms with Gasteiger partial charge in [0.2, 0.25) is 5.95 Å². The molecule has 0 radical (unpaired) electrons. The smallest absolute Gasteiger partial charge is 0.229 e. The van der Waals surface area contributed by atoms with Crippen LogP contribution in [0.4, 0.5) is 17.3 Å². The van der Waals surface area contributed by atoms with Crippen molar-refractivity contribution in [2.45, 2.75) is 6.92 Å². The number of hydrogen-bond acceptors (Lipinski definition) is 9. The number of anilines is 3. The van der Waals surface area contributed by atoms with Crippen LogP contribution < -0.4 is 19.7 Å². The van der Waals surface area contributed by atoms with Gasteiger partial charge in [-0.3, -0.25) is 0 Å². The third kappa shape index (κ3) is 4.77. The highest BCUT2D eigenvalue weighted by Gasteiger charge is 2.19. The fourth-order valence-corrected chi connectivity index (χ4v) is 5.24. The second kappa shape index (κ2) is 10.5. The van der Waals surface area contributed by atoms with Gasteiger partial charge < -0.3 is 24.6 Å². The Morgan fingerprint density at radius 3 is 2.44 bits per heavy atom. The van der Waals surface area contributed by atoms with Crippen molar-refractivity contribution in [3.63, 3.8) is 0 Å². The number of rotatable bonds is 7. The van der Waals surface area contributed by atoms with Gasteiger partial charge in [-0.2, -0.15) is 14.6 Å². The first-order chi connectivity index (χ1) is 19.1. The standard InChI is InChI=1S/C28H29ClN8O2/c1-4-35-9-11-36(12-10-35)20-7-5-19(6-8-20)33-28-30-16-18-13-23(27-31-17-32-37(27)26(18)34-28)22-14-21(38-2)15-24(39-3)25(22)29/h5-8,13-17H,4,9-12H2,1-3H3,(H,30,33,34). The monoisotopic (exact) mass is 544 g/mol. The van der Waals surface area contributed by atoms with Crippen LogP contribution in [0.25, 0.3) is 27.8 Å². The molecule has 1 saturated heterocycles. The van der Waals surface area contributed by atoms with Crippen molar-refractivity contribution in [1.82, 2.24) is 29.5 Å². The van der Waals surface area contributed by atoms with Gasteiger partial charge in [-0.25, -0.2) is 9.97 Å². The Morgan fingerprint density at radius 2 is 1.72 bits per heavy atom. The van der Waals surface area contributed by atoms with Gasteiger partial charge in [-0.15, -0.1) is 0 Å². The molecular formula is C28H29ClN8O2. The van der Waals surface area contributed by atoms with Crippen LogP contribution in [0.5, 0.6) is 11.5 Å². The van der Waals surface area contributed by atoms with Crippen LogP contribution in [0, 0.1) is 0 Å². The zero-order valence-corrected chi connectivity index (χ0v) is 22.8. The summed E-state index contributed by atoms with van der Waals surface area (Å²) in [7, 11) is 3.17. The van der Waals surface area contributed by atoms with E-state index in [9.17, 15) is 0 Å². The van der Waals surface area contributed by atoms with Crippen LogP contribution >= 0.6 is 11.6 Å². The summed E-state index contributed by atoms with van der Waals surface area (Å²) >= 11 is 6.70. The number of likely N-dealkylation sites (N-methyl/N-ethyl adjacent to an activating group) is 1. The van der Waals surface area contributed by atoms with Crippen LogP contribution in [0.3, 0.4) is 0 Å². The zero-order valence-electron chi connectivity index (χ0n) is 22.1. The Kier molecular flexibility index (Phi) is 6.80. The molecule has 6 rings (SSSR count). The molecule has 10 nitrogen and oxygen atoms in total. The molecule has 3 aromatic heterocycles. The molecule has 0 bridgehead atoms. The summed E-state index contributed by atoms with van der Waals surface area (Å²) in [6.45, 7) is 7.59. The lowest BCUT2D eigenvalue weighted by molar-refractivity contribution is 0.271. The zero-order chi connectivity index (χ0) is 26.9. The van der Waals surface area contributed by atoms with Gasteiger partial charge in [0.05, 0.1) is 19.2 Å². The van der Waals surface area contributed by atoms with Crippen molar-refractivity contribution in [1.29, 1.82) is 0 Å². The van der Waals surface area contributed by atoms with Crippen LogP contribution in [0.1, 0.15) is 6.92 Å². The molecule has 2 aromatic carbocycles. The largest absolute Gasteiger partial charge is 0.497 e. The molecule has 4 heterocycles. The van der Waals surface area contributed by atoms with E-state index in [4.69, 9.17) is 26.1 Å². The van der Waals surface area contributed by atoms with Gasteiger partial charge in [0, 0.05) is 66.3 Å². The summed E-state index contributed by atoms with van der Waals surface area (Å²) in [5, 5.41) is 9.01. The maximum absolute atomic E-state index is 6.70. The molecule has 0 spiro atoms. The Bertz CT molecular complexity index is 1630. The quantitative estimate of drug-likeness (QED) is 0.307. The van der Waals surface area contributed by atoms with Crippen LogP contribution in [0.2, 0.25) is 5.02 Å². The number of nitrogens with zero attached hydrogens (tertiary/aromatic N) is 7. The van der Waals surface area contributed by atoms with Gasteiger partial charge in [0.1, 0.15) is 17.8 Å². The lowest BCUT2D eigenvalue weighted by Gasteiger charge is -2.35. The van der Waals surface area contributed by atoms with Gasteiger partial charge >= 0.3 is 0 Å². The molecule has 0 amide bonds. The molecule has 5 aromatic rings. The minimum atomic E-state index is 0.456. The van der Waals surface area contributed by atoms with E-state index in [0.29, 0.717) is 39.3 Å². The van der Waals surface area contributed by atoms with Crippen molar-refractivity contribution in [2.75, 3.05) is 57.2 Å². The van der Waals surface area contributed by atoms with Crippen LogP contribution in [0.15, 0.2) is 55.0 Å². The highest BCUT2D eigenvalue weighted by atomic mass is 35.5. The van der Waals surface area contributed by atoms with Gasteiger partial charge in [0.15, 0.2) is 11.3 Å². The maximum Gasteiger partial charge on any atom is 0.229 e. The van der Waals surface area contributed by atoms with Gasteiger partial charge in [-0.05, 0) is 42.9 Å². The molecule has 1 N–H and O–H groups in total. The molecule has 0 aliphatic carbocycles. The van der Waals surface area contributed by atoms with Gasteiger partial charge in [-0.1, -0.05) is 18.5 Å². The Morgan fingerprint density at radius 1 is 0.923 bits per heavy atom. The maximum atomic E-state index is 6.70. The number of methoxy groups -OCH3 is 2. The molecule has 1 aliphatic rings. The summed E-state index contributed by atoms with van der Waals surface area (Å²) < 4.78 is 12.6. The minimum Gasteiger partial charge on any atom is -0.497 e. The van der Waals surface area contributed by atoms with Crippen molar-refractivity contribution in [2.24, 2.45) is 0 Å². The molecule has 11 heteroatoms. The summed E-state index contributed by atoms with van der Waals surface area (Å²) in [4.78, 5) is 18.7. The van der Waals surface area contributed by atoms with E-state index < -0.39 is 0 Å². The molecule has 1 aliphatic heterocycles. The minimum absolute atomic E-state index is 0.456. The first kappa shape index (κ1) is 25.1. The predicted octanol–water partition coefficient (Wildman–Crippen LogP) is 4.90. The SMILES string of the molecule is CCN1CCN(c2ccc(Nc3ncc4cc(-c5cc(OC)cc(OC)c5Cl)c5ncnn5c4n3)cc2)CC1. The third-order valence-corrected chi connectivity index (χ3v) is 7.54. The van der Waals surface area contributed by atoms with Crippen LogP contribution in [-0.2, 0) is 0 Å². The van der Waals surface area contributed by atoms with Crippen LogP contribution in [-0.4, -0.2) is 76.4 Å². The van der Waals surface area contributed by atoms with E-state index in [2.05, 4.69) is 61.4 Å². The highest BCUT2D eigenvalue weighted by molar-refractivity contribution is 6.35. The summed E-state index contributed by atoms with van der Waals surface area (Å²) in [6.07, 6.45) is 3.26. The number of halogens is 1. The number of pyridine rings is 1. The summed E-state index contributed by atoms with van der Waals surface area (Å²) in [5.74, 6) is 1.60. The fraction of sp³-hybridized carbons (Fsp3) is 0.286. The highest BCUT2D eigenvalue weighted by Crippen LogP contribution is 2.41. The topological polar surface area (TPSA) is 92.9 Å². The number of benzene rings is 2. The predicted molar refractivity (Wildman–Crippen MR) is 154 cm³/mol. The average Bonchev–Trinajstić information content (AvgIpc) is 3.48. The molecule has 0 saturated carbocycles. The molecule has 200 valence electrons. The summed E-state index contributed by atoms with van der Waals surface area (Å²) in [6, 6.07) is 13.9. The molecule has 0 unspecified atom stereocenters. The van der Waals surface area contributed by atoms with Crippen molar-refractivity contribution >= 4 is 45.6 Å². The first-order valence-corrected chi connectivity index (χ1v) is 13.2. The number of fused-ring (bicyclic) bond motifs is 3. The van der Waals surface area contributed by atoms with Gasteiger partial charge in [0.25, 0.3) is 0 Å². The summed E-state index contributed by atoms with van der Waals surface area (Å²) in [5.41, 5.74) is 4.84. The normalized spacial score (nSPS) is 14.2. The Hall–Kier alpha value is -4.15.